The van der Waals surface area contributed by atoms with E-state index in [9.17, 15) is 13.2 Å². The highest BCUT2D eigenvalue weighted by Gasteiger charge is 2.07. The molecule has 0 atom stereocenters. The second-order valence-electron chi connectivity index (χ2n) is 5.51. The van der Waals surface area contributed by atoms with Crippen LogP contribution in [-0.4, -0.2) is 20.3 Å². The van der Waals surface area contributed by atoms with Crippen LogP contribution in [0.25, 0.3) is 6.08 Å². The molecule has 0 spiro atoms. The van der Waals surface area contributed by atoms with Crippen LogP contribution in [0.5, 0.6) is 0 Å². The molecule has 0 aliphatic carbocycles. The average Bonchev–Trinajstić information content (AvgIpc) is 2.55. The highest BCUT2D eigenvalue weighted by Crippen LogP contribution is 2.19. The zero-order valence-electron chi connectivity index (χ0n) is 14.0. The number of carbonyl (C=O) groups excluding carboxylic acids is 1. The number of amides is 1. The molecule has 26 heavy (non-hydrogen) atoms. The van der Waals surface area contributed by atoms with Crippen molar-refractivity contribution in [2.45, 2.75) is 11.8 Å². The summed E-state index contributed by atoms with van der Waals surface area (Å²) in [5, 5.41) is 17.5. The van der Waals surface area contributed by atoms with Gasteiger partial charge in [-0.25, -0.2) is 13.6 Å². The third-order valence-electron chi connectivity index (χ3n) is 3.37. The Bertz CT molecular complexity index is 949. The third-order valence-corrected chi connectivity index (χ3v) is 4.30. The number of guanidine groups is 1. The van der Waals surface area contributed by atoms with Gasteiger partial charge < -0.3 is 11.1 Å². The van der Waals surface area contributed by atoms with E-state index in [1.807, 2.05) is 24.3 Å². The number of hydrogen-bond donors (Lipinski definition) is 5. The van der Waals surface area contributed by atoms with Gasteiger partial charge in [-0.1, -0.05) is 12.1 Å². The molecule has 0 fully saturated rings. The quantitative estimate of drug-likeness (QED) is 0.305. The fourth-order valence-corrected chi connectivity index (χ4v) is 2.61. The van der Waals surface area contributed by atoms with Crippen LogP contribution in [0.2, 0.25) is 0 Å². The van der Waals surface area contributed by atoms with Gasteiger partial charge in [0.2, 0.25) is 10.0 Å². The van der Waals surface area contributed by atoms with Gasteiger partial charge in [0, 0.05) is 16.9 Å². The molecule has 2 rings (SSSR count). The zero-order chi connectivity index (χ0) is 19.3. The molecule has 2 aromatic carbocycles. The summed E-state index contributed by atoms with van der Waals surface area (Å²) in [6, 6.07) is 13.3. The first-order chi connectivity index (χ1) is 12.1. The van der Waals surface area contributed by atoms with Gasteiger partial charge in [0.1, 0.15) is 0 Å². The van der Waals surface area contributed by atoms with Crippen LogP contribution in [0.3, 0.4) is 0 Å². The van der Waals surface area contributed by atoms with Crippen molar-refractivity contribution in [2.75, 3.05) is 5.32 Å². The van der Waals surface area contributed by atoms with Crippen molar-refractivity contribution in [1.82, 2.24) is 5.32 Å². The number of hydrogen-bond acceptors (Lipinski definition) is 5. The number of rotatable bonds is 5. The van der Waals surface area contributed by atoms with E-state index in [2.05, 4.69) is 10.6 Å². The Labute approximate surface area is 151 Å². The average molecular weight is 373 g/mol. The summed E-state index contributed by atoms with van der Waals surface area (Å²) in [4.78, 5) is 11.7. The van der Waals surface area contributed by atoms with Gasteiger partial charge >= 0.3 is 0 Å². The summed E-state index contributed by atoms with van der Waals surface area (Å²) in [5.41, 5.74) is 7.84. The molecule has 8 nitrogen and oxygen atoms in total. The molecule has 2 aromatic rings. The predicted octanol–water partition coefficient (Wildman–Crippen LogP) is 1.49. The SMILES string of the molecule is C/C(=C\c1ccc(Nc2ccc(S(N)(=O)=O)cc2)cc1)C(=O)NC(=N)N. The minimum atomic E-state index is -3.71. The van der Waals surface area contributed by atoms with E-state index in [4.69, 9.17) is 16.3 Å². The van der Waals surface area contributed by atoms with Crippen LogP contribution in [-0.2, 0) is 14.8 Å². The molecule has 0 radical (unpaired) electrons. The van der Waals surface area contributed by atoms with E-state index in [0.717, 1.165) is 11.3 Å². The summed E-state index contributed by atoms with van der Waals surface area (Å²) < 4.78 is 22.5. The van der Waals surface area contributed by atoms with Crippen molar-refractivity contribution < 1.29 is 13.2 Å². The molecule has 136 valence electrons. The normalized spacial score (nSPS) is 11.7. The molecular formula is C17H19N5O3S. The van der Waals surface area contributed by atoms with Crippen molar-refractivity contribution in [3.63, 3.8) is 0 Å². The van der Waals surface area contributed by atoms with E-state index in [1.54, 1.807) is 25.1 Å². The highest BCUT2D eigenvalue weighted by atomic mass is 32.2. The van der Waals surface area contributed by atoms with E-state index >= 15 is 0 Å². The summed E-state index contributed by atoms with van der Waals surface area (Å²) in [6.07, 6.45) is 1.67. The van der Waals surface area contributed by atoms with Crippen LogP contribution in [0, 0.1) is 5.41 Å². The smallest absolute Gasteiger partial charge is 0.253 e. The van der Waals surface area contributed by atoms with Crippen LogP contribution in [0.1, 0.15) is 12.5 Å². The number of carbonyl (C=O) groups is 1. The Morgan fingerprint density at radius 2 is 1.54 bits per heavy atom. The molecule has 0 aliphatic heterocycles. The maximum atomic E-state index is 11.7. The largest absolute Gasteiger partial charge is 0.370 e. The van der Waals surface area contributed by atoms with Crippen LogP contribution in [0.4, 0.5) is 11.4 Å². The van der Waals surface area contributed by atoms with Crippen molar-refractivity contribution in [3.8, 4) is 0 Å². The second-order valence-corrected chi connectivity index (χ2v) is 7.07. The lowest BCUT2D eigenvalue weighted by Gasteiger charge is -2.08. The maximum absolute atomic E-state index is 11.7. The molecule has 0 saturated heterocycles. The number of primary sulfonamides is 1. The second kappa shape index (κ2) is 7.81. The minimum Gasteiger partial charge on any atom is -0.370 e. The van der Waals surface area contributed by atoms with Crippen LogP contribution in [0.15, 0.2) is 59.0 Å². The molecular weight excluding hydrogens is 354 g/mol. The number of nitrogens with two attached hydrogens (primary N) is 2. The van der Waals surface area contributed by atoms with Crippen molar-refractivity contribution in [1.29, 1.82) is 5.41 Å². The van der Waals surface area contributed by atoms with Gasteiger partial charge in [-0.05, 0) is 55.0 Å². The van der Waals surface area contributed by atoms with Gasteiger partial charge in [0.15, 0.2) is 5.96 Å². The van der Waals surface area contributed by atoms with Gasteiger partial charge in [0.25, 0.3) is 5.91 Å². The molecule has 0 saturated carbocycles. The summed E-state index contributed by atoms with van der Waals surface area (Å²) in [6.45, 7) is 1.62. The number of sulfonamides is 1. The first kappa shape index (κ1) is 19.2. The zero-order valence-corrected chi connectivity index (χ0v) is 14.8. The molecule has 7 N–H and O–H groups in total. The first-order valence-corrected chi connectivity index (χ1v) is 9.03. The molecule has 9 heteroatoms. The summed E-state index contributed by atoms with van der Waals surface area (Å²) in [7, 11) is -3.71. The van der Waals surface area contributed by atoms with E-state index in [0.29, 0.717) is 11.3 Å². The van der Waals surface area contributed by atoms with E-state index < -0.39 is 21.9 Å². The molecule has 1 amide bonds. The van der Waals surface area contributed by atoms with Crippen molar-refractivity contribution >= 4 is 39.3 Å². The standard InChI is InChI=1S/C17H19N5O3S/c1-11(16(23)22-17(18)19)10-12-2-4-13(5-3-12)21-14-6-8-15(9-7-14)26(20,24)25/h2-10,21H,1H3,(H2,20,24,25)(H4,18,19,22,23)/b11-10+. The van der Waals surface area contributed by atoms with Gasteiger partial charge in [-0.15, -0.1) is 0 Å². The Kier molecular flexibility index (Phi) is 5.75. The lowest BCUT2D eigenvalue weighted by atomic mass is 10.1. The van der Waals surface area contributed by atoms with Gasteiger partial charge in [-0.2, -0.15) is 0 Å². The molecule has 0 heterocycles. The maximum Gasteiger partial charge on any atom is 0.253 e. The minimum absolute atomic E-state index is 0.0443. The van der Waals surface area contributed by atoms with Crippen LogP contribution >= 0.6 is 0 Å². The topological polar surface area (TPSA) is 151 Å². The third kappa shape index (κ3) is 5.43. The Hall–Kier alpha value is -3.17. The molecule has 0 bridgehead atoms. The monoisotopic (exact) mass is 373 g/mol. The molecule has 0 unspecified atom stereocenters. The Balaban J connectivity index is 2.08. The van der Waals surface area contributed by atoms with E-state index in [1.165, 1.54) is 12.1 Å². The molecule has 0 aliphatic rings. The number of benzene rings is 2. The lowest BCUT2D eigenvalue weighted by molar-refractivity contribution is -0.116. The first-order valence-electron chi connectivity index (χ1n) is 7.49. The summed E-state index contributed by atoms with van der Waals surface area (Å²) in [5.74, 6) is -0.842. The highest BCUT2D eigenvalue weighted by molar-refractivity contribution is 7.89. The van der Waals surface area contributed by atoms with Crippen molar-refractivity contribution in [2.24, 2.45) is 10.9 Å². The van der Waals surface area contributed by atoms with E-state index in [-0.39, 0.29) is 4.90 Å². The fourth-order valence-electron chi connectivity index (χ4n) is 2.09. The Morgan fingerprint density at radius 3 is 2.00 bits per heavy atom. The number of nitrogens with one attached hydrogen (secondary N) is 3. The Morgan fingerprint density at radius 1 is 1.04 bits per heavy atom. The lowest BCUT2D eigenvalue weighted by Crippen LogP contribution is -2.36. The van der Waals surface area contributed by atoms with Gasteiger partial charge in [-0.3, -0.25) is 15.5 Å². The number of anilines is 2. The fraction of sp³-hybridized carbons (Fsp3) is 0.0588. The van der Waals surface area contributed by atoms with Crippen molar-refractivity contribution in [3.05, 3.63) is 59.7 Å². The van der Waals surface area contributed by atoms with Crippen LogP contribution < -0.4 is 21.5 Å². The molecule has 0 aromatic heterocycles. The van der Waals surface area contributed by atoms with Gasteiger partial charge in [0.05, 0.1) is 4.90 Å². The summed E-state index contributed by atoms with van der Waals surface area (Å²) >= 11 is 0. The predicted molar refractivity (Wildman–Crippen MR) is 101 cm³/mol.